The molecule has 1 aliphatic rings. The number of aromatic nitrogens is 1. The number of unbranched alkanes of at least 4 members (excludes halogenated alkanes) is 1. The molecule has 11 atom stereocenters. The van der Waals surface area contributed by atoms with E-state index in [1.54, 1.807) is 98.9 Å². The molecule has 6 aromatic rings. The summed E-state index contributed by atoms with van der Waals surface area (Å²) in [4.78, 5) is 207. The van der Waals surface area contributed by atoms with E-state index >= 15 is 0 Å². The molecule has 34 nitrogen and oxygen atoms in total. The minimum absolute atomic E-state index is 0.0262. The van der Waals surface area contributed by atoms with Gasteiger partial charge in [-0.2, -0.15) is 0 Å². The number of rotatable bonds is 42. The number of aromatic hydroxyl groups is 2. The van der Waals surface area contributed by atoms with E-state index in [9.17, 15) is 97.5 Å². The van der Waals surface area contributed by atoms with Crippen LogP contribution in [0.15, 0.2) is 134 Å². The number of H-pyrrole nitrogens is 1. The van der Waals surface area contributed by atoms with Gasteiger partial charge in [-0.05, 0) is 110 Å². The van der Waals surface area contributed by atoms with E-state index in [1.807, 2.05) is 0 Å². The maximum Gasteiger partial charge on any atom is 0.326 e. The number of carboxylic acids is 3. The number of nitrogens with one attached hydrogen (secondary N) is 11. The predicted octanol–water partition coefficient (Wildman–Crippen LogP) is -0.261. The lowest BCUT2D eigenvalue weighted by atomic mass is 9.97. The second-order valence-electron chi connectivity index (χ2n) is 27.0. The van der Waals surface area contributed by atoms with Crippen molar-refractivity contribution in [1.29, 1.82) is 0 Å². The normalized spacial score (nSPS) is 15.1. The number of carbonyl (C=O) groups excluding carboxylic acids is 12. The number of carboxylic acid groups (broad SMARTS) is 3. The van der Waals surface area contributed by atoms with Gasteiger partial charge in [0.2, 0.25) is 65.0 Å². The fourth-order valence-electron chi connectivity index (χ4n) is 12.3. The molecule has 20 N–H and O–H groups in total. The van der Waals surface area contributed by atoms with Gasteiger partial charge in [-0.1, -0.05) is 117 Å². The second-order valence-corrected chi connectivity index (χ2v) is 27.0. The van der Waals surface area contributed by atoms with Gasteiger partial charge in [0.05, 0.1) is 32.0 Å². The van der Waals surface area contributed by atoms with Crippen molar-refractivity contribution in [3.05, 3.63) is 167 Å². The molecular weight excluding hydrogens is 1440 g/mol. The summed E-state index contributed by atoms with van der Waals surface area (Å²) in [6.07, 6.45) is 0.104. The van der Waals surface area contributed by atoms with E-state index in [0.29, 0.717) is 63.5 Å². The number of fused-ring (bicyclic) bond motifs is 1. The quantitative estimate of drug-likeness (QED) is 0.0173. The van der Waals surface area contributed by atoms with Crippen LogP contribution in [0.25, 0.3) is 10.9 Å². The van der Waals surface area contributed by atoms with Crippen molar-refractivity contribution in [2.45, 2.75) is 158 Å². The zero-order chi connectivity index (χ0) is 81.0. The van der Waals surface area contributed by atoms with Gasteiger partial charge in [0.1, 0.15) is 65.9 Å². The first kappa shape index (κ1) is 85.7. The van der Waals surface area contributed by atoms with Crippen molar-refractivity contribution in [2.75, 3.05) is 26.2 Å². The first-order valence-electron chi connectivity index (χ1n) is 36.1. The maximum absolute atomic E-state index is 14.5. The Kier molecular flexibility index (Phi) is 32.2. The van der Waals surface area contributed by atoms with Crippen LogP contribution in [0.2, 0.25) is 0 Å². The van der Waals surface area contributed by atoms with Crippen LogP contribution in [0.4, 0.5) is 0 Å². The number of nitrogens with two attached hydrogens (primary N) is 2. The molecule has 1 aliphatic heterocycles. The third-order valence-corrected chi connectivity index (χ3v) is 18.6. The summed E-state index contributed by atoms with van der Waals surface area (Å²) in [5.41, 5.74) is 15.6. The highest BCUT2D eigenvalue weighted by Crippen LogP contribution is 2.24. The van der Waals surface area contributed by atoms with Gasteiger partial charge in [0.25, 0.3) is 0 Å². The molecule has 0 saturated carbocycles. The van der Waals surface area contributed by atoms with E-state index in [1.165, 1.54) is 55.5 Å². The van der Waals surface area contributed by atoms with Crippen LogP contribution in [0.5, 0.6) is 11.5 Å². The molecule has 0 bridgehead atoms. The monoisotopic (exact) mass is 1530 g/mol. The van der Waals surface area contributed by atoms with Gasteiger partial charge in [0, 0.05) is 54.0 Å². The minimum Gasteiger partial charge on any atom is -0.508 e. The van der Waals surface area contributed by atoms with Crippen LogP contribution >= 0.6 is 0 Å². The molecule has 5 aromatic carbocycles. The summed E-state index contributed by atoms with van der Waals surface area (Å²) >= 11 is 0. The zero-order valence-electron chi connectivity index (χ0n) is 61.3. The van der Waals surface area contributed by atoms with Gasteiger partial charge in [0.15, 0.2) is 5.78 Å². The largest absolute Gasteiger partial charge is 0.508 e. The highest BCUT2D eigenvalue weighted by atomic mass is 16.4. The number of hydrogen-bond donors (Lipinski definition) is 18. The minimum atomic E-state index is -1.96. The first-order valence-corrected chi connectivity index (χ1v) is 36.1. The number of phenolic OH excluding ortho intramolecular Hbond substituents is 2. The van der Waals surface area contributed by atoms with E-state index in [4.69, 9.17) is 11.5 Å². The van der Waals surface area contributed by atoms with Crippen LogP contribution in [0.3, 0.4) is 0 Å². The topological polar surface area (TPSA) is 549 Å². The van der Waals surface area contributed by atoms with Crippen LogP contribution in [-0.2, 0) is 92.8 Å². The standard InChI is InChI=1S/C77H94N14O20/c1-4-42(2)66(75(108)84-55(17-10-11-31-78)71(104)89-60(77(110)111)35-46-23-29-51(93)30-24-46)90-63(95)41-81-62(94)40-82-70(103)56(34-45-21-27-50(92)28-22-45)87-73(106)58(37-64(96)97)85-68(101)43(3)83-74(107)61-18-12-32-91(61)76(109)59(38-65(98)99)88-72(105)57(36-49-39-80-54-16-9-8-15-52(49)54)86-69(102)53(79)33-44-19-25-48(26-20-44)67(100)47-13-6-5-7-14-47/h5-9,13-16,19-30,39,42-43,53,55-61,66,80,92-93H,4,10-12,17-18,31-38,40-41,78-79H2,1-3H3,(H,81,94)(H,82,103)(H,83,107)(H,84,108)(H,85,101)(H,86,102)(H,87,106)(H,88,105)(H,89,104)(H,90,95)(H,96,97)(H,98,99)(H,110,111)/t42-,43-,53-,55-,56-,57-,58-,59-,60-,61-,66-/m0/s1. The van der Waals surface area contributed by atoms with Crippen LogP contribution in [0, 0.1) is 5.92 Å². The number of aromatic amines is 1. The number of carbonyl (C=O) groups is 15. The lowest BCUT2D eigenvalue weighted by molar-refractivity contribution is -0.146. The molecule has 0 spiro atoms. The van der Waals surface area contributed by atoms with Gasteiger partial charge in [-0.3, -0.25) is 67.1 Å². The SMILES string of the molecule is CC[C@H](C)[C@H](NC(=O)CNC(=O)CNC(=O)[C@H](Cc1ccc(O)cc1)NC(=O)[C@H](CC(=O)O)NC(=O)[C@H](C)NC(=O)[C@@H]1CCCN1C(=O)[C@H](CC(=O)O)NC(=O)[C@H](Cc1c[nH]c2ccccc12)NC(=O)[C@@H](N)Cc1ccc(C(=O)c2ccccc2)cc1)C(=O)N[C@@H](CCCCN)C(=O)N[C@@H](Cc1ccc(O)cc1)C(=O)O. The number of hydrogen-bond acceptors (Lipinski definition) is 19. The van der Waals surface area contributed by atoms with Crippen LogP contribution in [0.1, 0.15) is 110 Å². The molecule has 1 saturated heterocycles. The Labute approximate surface area is 637 Å². The Morgan fingerprint density at radius 1 is 0.514 bits per heavy atom. The number of phenols is 2. The number of likely N-dealkylation sites (tertiary alicyclic amines) is 1. The van der Waals surface area contributed by atoms with Crippen LogP contribution < -0.4 is 64.6 Å². The number of nitrogens with zero attached hydrogens (tertiary/aromatic N) is 1. The summed E-state index contributed by atoms with van der Waals surface area (Å²) in [5.74, 6) is -16.2. The van der Waals surface area contributed by atoms with Gasteiger partial charge in [-0.15, -0.1) is 0 Å². The summed E-state index contributed by atoms with van der Waals surface area (Å²) in [7, 11) is 0. The van der Waals surface area contributed by atoms with E-state index < -0.39 is 175 Å². The fraction of sp³-hybridized carbons (Fsp3) is 0.390. The Bertz CT molecular complexity index is 4310. The van der Waals surface area contributed by atoms with Crippen molar-refractivity contribution in [1.82, 2.24) is 63.1 Å². The first-order chi connectivity index (χ1) is 52.9. The Morgan fingerprint density at radius 3 is 1.65 bits per heavy atom. The summed E-state index contributed by atoms with van der Waals surface area (Å²) in [5, 5.41) is 74.8. The summed E-state index contributed by atoms with van der Waals surface area (Å²) in [6.45, 7) is 3.07. The van der Waals surface area contributed by atoms with Crippen molar-refractivity contribution >= 4 is 99.6 Å². The van der Waals surface area contributed by atoms with Gasteiger partial charge < -0.3 is 100 Å². The average Bonchev–Trinajstić information content (AvgIpc) is 1.68. The Morgan fingerprint density at radius 2 is 1.03 bits per heavy atom. The van der Waals surface area contributed by atoms with Crippen molar-refractivity contribution in [3.63, 3.8) is 0 Å². The highest BCUT2D eigenvalue weighted by Gasteiger charge is 2.41. The molecular formula is C77H94N14O20. The lowest BCUT2D eigenvalue weighted by Gasteiger charge is -2.30. The number of benzene rings is 5. The molecule has 592 valence electrons. The average molecular weight is 1540 g/mol. The van der Waals surface area contributed by atoms with E-state index in [-0.39, 0.29) is 75.3 Å². The number of amides is 11. The zero-order valence-corrected chi connectivity index (χ0v) is 61.3. The molecule has 7 rings (SSSR count). The highest BCUT2D eigenvalue weighted by molar-refractivity contribution is 6.09. The maximum atomic E-state index is 14.5. The lowest BCUT2D eigenvalue weighted by Crippen LogP contribution is -2.60. The third-order valence-electron chi connectivity index (χ3n) is 18.6. The fourth-order valence-corrected chi connectivity index (χ4v) is 12.3. The van der Waals surface area contributed by atoms with E-state index in [2.05, 4.69) is 58.2 Å². The number of aliphatic carboxylic acids is 3. The second kappa shape index (κ2) is 41.7. The predicted molar refractivity (Wildman–Crippen MR) is 400 cm³/mol. The summed E-state index contributed by atoms with van der Waals surface area (Å²) < 4.78 is 0. The van der Waals surface area contributed by atoms with Crippen molar-refractivity contribution in [2.24, 2.45) is 17.4 Å². The van der Waals surface area contributed by atoms with Crippen molar-refractivity contribution < 1.29 is 97.5 Å². The molecule has 34 heteroatoms. The Hall–Kier alpha value is -12.6. The Balaban J connectivity index is 0.959. The smallest absolute Gasteiger partial charge is 0.326 e. The number of para-hydroxylation sites is 1. The molecule has 11 amide bonds. The van der Waals surface area contributed by atoms with Gasteiger partial charge in [-0.25, -0.2) is 4.79 Å². The van der Waals surface area contributed by atoms with Crippen molar-refractivity contribution in [3.8, 4) is 11.5 Å². The molecule has 0 aliphatic carbocycles. The molecule has 2 heterocycles. The number of ketones is 1. The molecule has 1 fully saturated rings. The van der Waals surface area contributed by atoms with Gasteiger partial charge >= 0.3 is 17.9 Å². The molecule has 111 heavy (non-hydrogen) atoms. The van der Waals surface area contributed by atoms with E-state index in [0.717, 1.165) is 4.90 Å². The molecule has 0 radical (unpaired) electrons. The third kappa shape index (κ3) is 26.1. The molecule has 0 unspecified atom stereocenters. The summed E-state index contributed by atoms with van der Waals surface area (Å²) in [6, 6.07) is 18.0. The van der Waals surface area contributed by atoms with Crippen LogP contribution in [-0.4, -0.2) is 211 Å². The molecule has 1 aromatic heterocycles.